The molecule has 0 bridgehead atoms. The van der Waals surface area contributed by atoms with Gasteiger partial charge in [0.25, 0.3) is 0 Å². The summed E-state index contributed by atoms with van der Waals surface area (Å²) in [6, 6.07) is 7.83. The molecule has 2 aromatic rings. The van der Waals surface area contributed by atoms with Crippen LogP contribution in [0.5, 0.6) is 0 Å². The van der Waals surface area contributed by atoms with Crippen LogP contribution < -0.4 is 0 Å². The van der Waals surface area contributed by atoms with E-state index in [0.717, 1.165) is 35.6 Å². The van der Waals surface area contributed by atoms with E-state index in [-0.39, 0.29) is 35.3 Å². The molecule has 0 radical (unpaired) electrons. The van der Waals surface area contributed by atoms with Crippen LogP contribution in [0.15, 0.2) is 34.9 Å². The van der Waals surface area contributed by atoms with Gasteiger partial charge in [-0.25, -0.2) is 4.98 Å². The predicted octanol–water partition coefficient (Wildman–Crippen LogP) is 5.21. The zero-order chi connectivity index (χ0) is 23.7. The molecule has 3 aliphatic rings. The first-order valence-corrected chi connectivity index (χ1v) is 11.9. The summed E-state index contributed by atoms with van der Waals surface area (Å²) in [5.74, 6) is 0.609. The van der Waals surface area contributed by atoms with Gasteiger partial charge in [0.15, 0.2) is 5.78 Å². The summed E-state index contributed by atoms with van der Waals surface area (Å²) in [7, 11) is 1.97. The quantitative estimate of drug-likeness (QED) is 0.589. The minimum atomic E-state index is -0.507. The van der Waals surface area contributed by atoms with Crippen molar-refractivity contribution >= 4 is 35.2 Å². The molecule has 2 heterocycles. The molecule has 33 heavy (non-hydrogen) atoms. The lowest BCUT2D eigenvalue weighted by Gasteiger charge is -2.44. The van der Waals surface area contributed by atoms with Gasteiger partial charge < -0.3 is 4.57 Å². The molecular weight excluding hydrogens is 457 g/mol. The highest BCUT2D eigenvalue weighted by Gasteiger charge is 2.51. The average Bonchev–Trinajstić information content (AvgIpc) is 3.33. The number of benzene rings is 1. The number of hydrogen-bond acceptors (Lipinski definition) is 5. The average molecular weight is 482 g/mol. The van der Waals surface area contributed by atoms with Crippen LogP contribution in [0.1, 0.15) is 44.6 Å². The Labute approximate surface area is 203 Å². The second-order valence-electron chi connectivity index (χ2n) is 9.55. The van der Waals surface area contributed by atoms with Crippen molar-refractivity contribution in [2.75, 3.05) is 7.05 Å². The van der Waals surface area contributed by atoms with Crippen LogP contribution in [-0.2, 0) is 16.6 Å². The Balaban J connectivity index is 1.77. The van der Waals surface area contributed by atoms with Crippen LogP contribution in [0.2, 0.25) is 10.0 Å². The van der Waals surface area contributed by atoms with Crippen molar-refractivity contribution in [3.63, 3.8) is 0 Å². The van der Waals surface area contributed by atoms with Crippen molar-refractivity contribution in [2.24, 2.45) is 16.9 Å². The number of rotatable bonds is 2. The lowest BCUT2D eigenvalue weighted by Crippen LogP contribution is -2.46. The molecule has 1 aromatic heterocycles. The number of nitriles is 1. The Morgan fingerprint density at radius 1 is 1.24 bits per heavy atom. The molecule has 2 unspecified atom stereocenters. The van der Waals surface area contributed by atoms with Gasteiger partial charge in [-0.2, -0.15) is 10.4 Å². The molecule has 5 rings (SSSR count). The first-order chi connectivity index (χ1) is 15.7. The zero-order valence-corrected chi connectivity index (χ0v) is 20.5. The van der Waals surface area contributed by atoms with Crippen LogP contribution >= 0.6 is 23.2 Å². The Bertz CT molecular complexity index is 1270. The summed E-state index contributed by atoms with van der Waals surface area (Å²) in [6.07, 6.45) is 5.47. The van der Waals surface area contributed by atoms with Crippen molar-refractivity contribution in [3.8, 4) is 17.5 Å². The number of likely N-dealkylation sites (N-methyl/N-ethyl adjacent to an activating group) is 1. The molecule has 8 heteroatoms. The number of carbonyl (C=O) groups is 1. The van der Waals surface area contributed by atoms with Crippen LogP contribution in [0, 0.1) is 23.2 Å². The van der Waals surface area contributed by atoms with E-state index in [2.05, 4.69) is 29.6 Å². The van der Waals surface area contributed by atoms with Crippen molar-refractivity contribution in [1.29, 1.82) is 5.26 Å². The molecule has 5 atom stereocenters. The van der Waals surface area contributed by atoms with Gasteiger partial charge in [-0.15, -0.1) is 0 Å². The van der Waals surface area contributed by atoms with Gasteiger partial charge in [-0.1, -0.05) is 43.1 Å². The number of Topliss-reactive ketones (excluding diaryl/α,β-unsaturated/α-hetero) is 1. The van der Waals surface area contributed by atoms with Gasteiger partial charge in [-0.05, 0) is 43.9 Å². The van der Waals surface area contributed by atoms with E-state index in [1.54, 1.807) is 6.07 Å². The smallest absolute Gasteiger partial charge is 0.176 e. The second-order valence-corrected chi connectivity index (χ2v) is 10.4. The van der Waals surface area contributed by atoms with Crippen LogP contribution in [0.3, 0.4) is 0 Å². The van der Waals surface area contributed by atoms with Crippen LogP contribution in [0.25, 0.3) is 11.4 Å². The maximum absolute atomic E-state index is 12.8. The number of fused-ring (bicyclic) bond motifs is 3. The van der Waals surface area contributed by atoms with E-state index in [1.807, 2.05) is 43.4 Å². The monoisotopic (exact) mass is 481 g/mol. The third-order valence-electron chi connectivity index (χ3n) is 7.79. The van der Waals surface area contributed by atoms with Crippen molar-refractivity contribution < 1.29 is 4.79 Å². The maximum atomic E-state index is 12.8. The van der Waals surface area contributed by atoms with E-state index in [9.17, 15) is 10.1 Å². The summed E-state index contributed by atoms with van der Waals surface area (Å²) >= 11 is 12.6. The summed E-state index contributed by atoms with van der Waals surface area (Å²) in [4.78, 5) is 17.9. The lowest BCUT2D eigenvalue weighted by molar-refractivity contribution is -0.121. The number of nitrogens with zero attached hydrogens (tertiary/aromatic N) is 5. The molecule has 0 saturated carbocycles. The fraction of sp³-hybridized carbons (Fsp3) is 0.440. The Kier molecular flexibility index (Phi) is 5.19. The Hall–Kier alpha value is -2.62. The van der Waals surface area contributed by atoms with Gasteiger partial charge in [0.1, 0.15) is 11.9 Å². The molecule has 2 aliphatic carbocycles. The highest BCUT2D eigenvalue weighted by molar-refractivity contribution is 6.42. The topological polar surface area (TPSA) is 74.3 Å². The second kappa shape index (κ2) is 7.72. The molecule has 0 amide bonds. The van der Waals surface area contributed by atoms with Gasteiger partial charge in [0, 0.05) is 35.9 Å². The van der Waals surface area contributed by atoms with Crippen LogP contribution in [-0.4, -0.2) is 39.6 Å². The largest absolute Gasteiger partial charge is 0.317 e. The third kappa shape index (κ3) is 3.17. The Morgan fingerprint density at radius 3 is 2.64 bits per heavy atom. The molecule has 0 fully saturated rings. The van der Waals surface area contributed by atoms with E-state index < -0.39 is 5.41 Å². The van der Waals surface area contributed by atoms with Gasteiger partial charge in [0.2, 0.25) is 0 Å². The minimum absolute atomic E-state index is 0.00193. The molecule has 6 nitrogen and oxygen atoms in total. The number of halogens is 2. The minimum Gasteiger partial charge on any atom is -0.317 e. The predicted molar refractivity (Wildman–Crippen MR) is 129 cm³/mol. The Morgan fingerprint density at radius 2 is 2.00 bits per heavy atom. The van der Waals surface area contributed by atoms with E-state index in [4.69, 9.17) is 28.2 Å². The number of carbonyl (C=O) groups excluding carboxylic acids is 1. The van der Waals surface area contributed by atoms with Crippen molar-refractivity contribution in [3.05, 3.63) is 51.3 Å². The number of hydrogen-bond donors (Lipinski definition) is 0. The van der Waals surface area contributed by atoms with E-state index >= 15 is 0 Å². The summed E-state index contributed by atoms with van der Waals surface area (Å²) in [5, 5.41) is 17.1. The third-order valence-corrected chi connectivity index (χ3v) is 8.53. The molecule has 0 spiro atoms. The lowest BCUT2D eigenvalue weighted by atomic mass is 9.58. The van der Waals surface area contributed by atoms with Crippen LogP contribution in [0.4, 0.5) is 0 Å². The molecule has 170 valence electrons. The number of imidazole rings is 1. The van der Waals surface area contributed by atoms with Crippen molar-refractivity contribution in [2.45, 2.75) is 51.1 Å². The van der Waals surface area contributed by atoms with E-state index in [1.165, 1.54) is 0 Å². The summed E-state index contributed by atoms with van der Waals surface area (Å²) in [5.41, 5.74) is 2.66. The molecule has 1 aliphatic heterocycles. The van der Waals surface area contributed by atoms with Crippen molar-refractivity contribution in [1.82, 2.24) is 14.6 Å². The first-order valence-electron chi connectivity index (χ1n) is 11.2. The maximum Gasteiger partial charge on any atom is 0.176 e. The normalized spacial score (nSPS) is 30.6. The summed E-state index contributed by atoms with van der Waals surface area (Å²) in [6.45, 7) is 6.20. The van der Waals surface area contributed by atoms with Gasteiger partial charge in [0.05, 0.1) is 33.4 Å². The number of hydrazone groups is 1. The number of ketones is 1. The standard InChI is InChI=1S/C25H25Cl2N5O/c1-13-17-6-8-20-23(25(17,3)10-16(11-28)22(13)33)30-24(15-5-7-18(26)19(27)9-15)32(20)21-12-29-31(4)14(21)2/h5,7,9-10,12-14,17,21H,6,8H2,1-4H3/t13-,14?,17-,21?,25-/m1/s1. The molecule has 0 N–H and O–H groups in total. The van der Waals surface area contributed by atoms with Gasteiger partial charge >= 0.3 is 0 Å². The highest BCUT2D eigenvalue weighted by Crippen LogP contribution is 2.51. The summed E-state index contributed by atoms with van der Waals surface area (Å²) < 4.78 is 2.27. The fourth-order valence-electron chi connectivity index (χ4n) is 5.80. The molecule has 0 saturated heterocycles. The number of allylic oxidation sites excluding steroid dienone is 2. The van der Waals surface area contributed by atoms with E-state index in [0.29, 0.717) is 10.0 Å². The fourth-order valence-corrected chi connectivity index (χ4v) is 6.10. The SMILES string of the molecule is CC1C(n2c(-c3ccc(Cl)c(Cl)c3)nc3c2CC[C@@H]2[C@@H](C)C(=O)C(C#N)=C[C@@]32C)C=NN1C. The first kappa shape index (κ1) is 22.2. The van der Waals surface area contributed by atoms with Gasteiger partial charge in [-0.3, -0.25) is 9.80 Å². The highest BCUT2D eigenvalue weighted by atomic mass is 35.5. The molecular formula is C25H25Cl2N5O. The molecule has 1 aromatic carbocycles. The number of aromatic nitrogens is 2. The zero-order valence-electron chi connectivity index (χ0n) is 19.0.